The van der Waals surface area contributed by atoms with Gasteiger partial charge >= 0.3 is 0 Å². The number of carbonyl (C=O) groups is 1. The Morgan fingerprint density at radius 1 is 1.14 bits per heavy atom. The molecule has 1 aromatic rings. The molecule has 4 fully saturated rings. The van der Waals surface area contributed by atoms with Gasteiger partial charge in [0.1, 0.15) is 5.75 Å². The molecule has 112 valence electrons. The number of benzene rings is 1. The van der Waals surface area contributed by atoms with Crippen molar-refractivity contribution in [3.05, 3.63) is 23.8 Å². The highest BCUT2D eigenvalue weighted by Gasteiger charge is 2.54. The fraction of sp³-hybridized carbons (Fsp3) is 0.611. The summed E-state index contributed by atoms with van der Waals surface area (Å²) in [5.74, 6) is 2.84. The molecule has 21 heavy (non-hydrogen) atoms. The number of hydrogen-bond donors (Lipinski definition) is 2. The lowest BCUT2D eigenvalue weighted by Gasteiger charge is -2.55. The van der Waals surface area contributed by atoms with E-state index in [1.807, 2.05) is 13.0 Å². The maximum Gasteiger partial charge on any atom is 0.230 e. The molecule has 2 N–H and O–H groups in total. The number of aryl methyl sites for hydroxylation is 1. The van der Waals surface area contributed by atoms with E-state index in [1.165, 1.54) is 19.3 Å². The van der Waals surface area contributed by atoms with Crippen molar-refractivity contribution in [2.45, 2.75) is 45.4 Å². The van der Waals surface area contributed by atoms with Crippen LogP contribution in [0.5, 0.6) is 5.75 Å². The fourth-order valence-corrected chi connectivity index (χ4v) is 5.39. The van der Waals surface area contributed by atoms with E-state index in [-0.39, 0.29) is 17.1 Å². The summed E-state index contributed by atoms with van der Waals surface area (Å²) in [6.45, 7) is 1.86. The van der Waals surface area contributed by atoms with E-state index in [9.17, 15) is 9.90 Å². The van der Waals surface area contributed by atoms with Crippen molar-refractivity contribution in [2.75, 3.05) is 5.32 Å². The summed E-state index contributed by atoms with van der Waals surface area (Å²) in [4.78, 5) is 12.9. The van der Waals surface area contributed by atoms with Gasteiger partial charge in [-0.05, 0) is 87.0 Å². The highest BCUT2D eigenvalue weighted by molar-refractivity contribution is 5.95. The Hall–Kier alpha value is -1.51. The zero-order chi connectivity index (χ0) is 14.6. The first-order valence-electron chi connectivity index (χ1n) is 8.15. The lowest BCUT2D eigenvalue weighted by atomic mass is 9.49. The largest absolute Gasteiger partial charge is 0.508 e. The number of aromatic hydroxyl groups is 1. The third kappa shape index (κ3) is 2.14. The van der Waals surface area contributed by atoms with Crippen LogP contribution in [0.3, 0.4) is 0 Å². The summed E-state index contributed by atoms with van der Waals surface area (Å²) in [7, 11) is 0. The Labute approximate surface area is 125 Å². The Balaban J connectivity index is 1.56. The first-order valence-corrected chi connectivity index (χ1v) is 8.15. The quantitative estimate of drug-likeness (QED) is 0.811. The van der Waals surface area contributed by atoms with Crippen LogP contribution < -0.4 is 5.32 Å². The van der Waals surface area contributed by atoms with Crippen molar-refractivity contribution >= 4 is 11.6 Å². The molecule has 4 aliphatic rings. The van der Waals surface area contributed by atoms with Crippen LogP contribution >= 0.6 is 0 Å². The molecular formula is C18H23NO2. The second kappa shape index (κ2) is 4.49. The van der Waals surface area contributed by atoms with E-state index < -0.39 is 0 Å². The van der Waals surface area contributed by atoms with Crippen LogP contribution in [0.25, 0.3) is 0 Å². The molecule has 0 saturated heterocycles. The molecule has 0 radical (unpaired) electrons. The van der Waals surface area contributed by atoms with Crippen LogP contribution in [0, 0.1) is 30.1 Å². The van der Waals surface area contributed by atoms with Crippen LogP contribution in [0.15, 0.2) is 18.2 Å². The van der Waals surface area contributed by atoms with Crippen LogP contribution in [-0.4, -0.2) is 11.0 Å². The van der Waals surface area contributed by atoms with Gasteiger partial charge in [0.15, 0.2) is 0 Å². The standard InChI is InChI=1S/C18H23NO2/c1-11-4-15(2-3-16(11)20)19-17(21)18-8-12-5-13(9-18)7-14(6-12)10-18/h2-4,12-14,20H,5-10H2,1H3,(H,19,21). The van der Waals surface area contributed by atoms with E-state index in [4.69, 9.17) is 0 Å². The van der Waals surface area contributed by atoms with Crippen LogP contribution in [0.2, 0.25) is 0 Å². The smallest absolute Gasteiger partial charge is 0.230 e. The van der Waals surface area contributed by atoms with Crippen LogP contribution in [0.4, 0.5) is 5.69 Å². The highest BCUT2D eigenvalue weighted by atomic mass is 16.3. The monoisotopic (exact) mass is 285 g/mol. The average molecular weight is 285 g/mol. The summed E-state index contributed by atoms with van der Waals surface area (Å²) in [5, 5.41) is 12.7. The molecule has 0 heterocycles. The van der Waals surface area contributed by atoms with Crippen molar-refractivity contribution in [3.8, 4) is 5.75 Å². The second-order valence-corrected chi connectivity index (χ2v) is 7.65. The summed E-state index contributed by atoms with van der Waals surface area (Å²) in [6.07, 6.45) is 7.31. The summed E-state index contributed by atoms with van der Waals surface area (Å²) < 4.78 is 0. The van der Waals surface area contributed by atoms with Gasteiger partial charge in [-0.3, -0.25) is 4.79 Å². The van der Waals surface area contributed by atoms with Gasteiger partial charge in [0.2, 0.25) is 5.91 Å². The molecule has 0 aliphatic heterocycles. The normalized spacial score (nSPS) is 36.7. The predicted octanol–water partition coefficient (Wildman–Crippen LogP) is 3.86. The van der Waals surface area contributed by atoms with E-state index in [1.54, 1.807) is 12.1 Å². The zero-order valence-electron chi connectivity index (χ0n) is 12.6. The molecular weight excluding hydrogens is 262 g/mol. The first-order chi connectivity index (χ1) is 10.0. The molecule has 1 amide bonds. The molecule has 1 aromatic carbocycles. The van der Waals surface area contributed by atoms with Gasteiger partial charge in [-0.15, -0.1) is 0 Å². The number of phenolic OH excluding ortho intramolecular Hbond substituents is 1. The van der Waals surface area contributed by atoms with E-state index in [2.05, 4.69) is 5.32 Å². The van der Waals surface area contributed by atoms with Crippen LogP contribution in [-0.2, 0) is 4.79 Å². The first kappa shape index (κ1) is 13.2. The van der Waals surface area contributed by atoms with Gasteiger partial charge in [0.25, 0.3) is 0 Å². The topological polar surface area (TPSA) is 49.3 Å². The van der Waals surface area contributed by atoms with Crippen molar-refractivity contribution < 1.29 is 9.90 Å². The number of amides is 1. The van der Waals surface area contributed by atoms with Gasteiger partial charge in [0.05, 0.1) is 5.41 Å². The van der Waals surface area contributed by atoms with Crippen molar-refractivity contribution in [1.82, 2.24) is 0 Å². The molecule has 5 rings (SSSR count). The summed E-state index contributed by atoms with van der Waals surface area (Å²) >= 11 is 0. The SMILES string of the molecule is Cc1cc(NC(=O)C23CC4CC(CC(C4)C2)C3)ccc1O. The minimum atomic E-state index is -0.111. The molecule has 3 heteroatoms. The minimum absolute atomic E-state index is 0.111. The zero-order valence-corrected chi connectivity index (χ0v) is 12.6. The minimum Gasteiger partial charge on any atom is -0.508 e. The number of rotatable bonds is 2. The van der Waals surface area contributed by atoms with E-state index in [0.717, 1.165) is 48.3 Å². The maximum atomic E-state index is 12.9. The summed E-state index contributed by atoms with van der Waals surface area (Å²) in [5.41, 5.74) is 1.50. The van der Waals surface area contributed by atoms with Gasteiger partial charge in [-0.1, -0.05) is 0 Å². The Morgan fingerprint density at radius 2 is 1.71 bits per heavy atom. The lowest BCUT2D eigenvalue weighted by Crippen LogP contribution is -2.51. The number of anilines is 1. The maximum absolute atomic E-state index is 12.9. The fourth-order valence-electron chi connectivity index (χ4n) is 5.39. The Bertz CT molecular complexity index is 558. The number of carbonyl (C=O) groups excluding carboxylic acids is 1. The molecule has 4 aliphatic carbocycles. The van der Waals surface area contributed by atoms with E-state index >= 15 is 0 Å². The summed E-state index contributed by atoms with van der Waals surface area (Å²) in [6, 6.07) is 5.30. The molecule has 3 nitrogen and oxygen atoms in total. The number of nitrogens with one attached hydrogen (secondary N) is 1. The number of hydrogen-bond acceptors (Lipinski definition) is 2. The molecule has 0 spiro atoms. The molecule has 0 unspecified atom stereocenters. The molecule has 0 aromatic heterocycles. The van der Waals surface area contributed by atoms with Crippen molar-refractivity contribution in [2.24, 2.45) is 23.2 Å². The highest BCUT2D eigenvalue weighted by Crippen LogP contribution is 2.60. The van der Waals surface area contributed by atoms with Gasteiger partial charge in [0, 0.05) is 5.69 Å². The Morgan fingerprint density at radius 3 is 2.24 bits per heavy atom. The van der Waals surface area contributed by atoms with Gasteiger partial charge < -0.3 is 10.4 Å². The predicted molar refractivity (Wildman–Crippen MR) is 82.1 cm³/mol. The third-order valence-electron chi connectivity index (χ3n) is 5.97. The Kier molecular flexibility index (Phi) is 2.82. The van der Waals surface area contributed by atoms with E-state index in [0.29, 0.717) is 0 Å². The van der Waals surface area contributed by atoms with Gasteiger partial charge in [-0.25, -0.2) is 0 Å². The van der Waals surface area contributed by atoms with Crippen LogP contribution in [0.1, 0.15) is 44.1 Å². The number of phenols is 1. The molecule has 4 saturated carbocycles. The second-order valence-electron chi connectivity index (χ2n) is 7.65. The van der Waals surface area contributed by atoms with Crippen molar-refractivity contribution in [3.63, 3.8) is 0 Å². The third-order valence-corrected chi connectivity index (χ3v) is 5.97. The van der Waals surface area contributed by atoms with Crippen molar-refractivity contribution in [1.29, 1.82) is 0 Å². The lowest BCUT2D eigenvalue weighted by molar-refractivity contribution is -0.140. The molecule has 4 bridgehead atoms. The average Bonchev–Trinajstić information content (AvgIpc) is 2.41. The molecule has 0 atom stereocenters. The van der Waals surface area contributed by atoms with Gasteiger partial charge in [-0.2, -0.15) is 0 Å².